The highest BCUT2D eigenvalue weighted by Crippen LogP contribution is 2.57. The predicted octanol–water partition coefficient (Wildman–Crippen LogP) is 9.11. The van der Waals surface area contributed by atoms with Gasteiger partial charge in [-0.3, -0.25) is 0 Å². The van der Waals surface area contributed by atoms with Gasteiger partial charge in [0.05, 0.1) is 5.41 Å². The molecule has 190 valence electrons. The molecule has 2 nitrogen and oxygen atoms in total. The molecule has 1 aliphatic heterocycles. The molecule has 0 saturated carbocycles. The van der Waals surface area contributed by atoms with E-state index in [0.717, 1.165) is 36.4 Å². The van der Waals surface area contributed by atoms with Crippen LogP contribution >= 0.6 is 0 Å². The van der Waals surface area contributed by atoms with Gasteiger partial charge in [-0.1, -0.05) is 115 Å². The van der Waals surface area contributed by atoms with E-state index in [1.165, 1.54) is 39.0 Å². The van der Waals surface area contributed by atoms with E-state index in [1.54, 1.807) is 0 Å². The Kier molecular flexibility index (Phi) is 5.82. The van der Waals surface area contributed by atoms with Crippen LogP contribution in [0.2, 0.25) is 0 Å². The topological polar surface area (TPSA) is 35.2 Å². The lowest BCUT2D eigenvalue weighted by molar-refractivity contribution is 0.429. The van der Waals surface area contributed by atoms with Gasteiger partial charge in [0.15, 0.2) is 0 Å². The Bertz CT molecular complexity index is 1620. The minimum atomic E-state index is -0.449. The lowest BCUT2D eigenvalue weighted by Crippen LogP contribution is -2.36. The van der Waals surface area contributed by atoms with Crippen molar-refractivity contribution in [1.82, 2.24) is 0 Å². The quantitative estimate of drug-likeness (QED) is 0.281. The fourth-order valence-electron chi connectivity index (χ4n) is 6.59. The fourth-order valence-corrected chi connectivity index (χ4v) is 6.59. The summed E-state index contributed by atoms with van der Waals surface area (Å²) in [5.41, 5.74) is 15.2. The summed E-state index contributed by atoms with van der Waals surface area (Å²) in [7, 11) is 0. The Balaban J connectivity index is 1.43. The summed E-state index contributed by atoms with van der Waals surface area (Å²) in [4.78, 5) is 0. The van der Waals surface area contributed by atoms with E-state index >= 15 is 0 Å². The zero-order valence-corrected chi connectivity index (χ0v) is 21.9. The van der Waals surface area contributed by atoms with E-state index in [4.69, 9.17) is 10.5 Å². The van der Waals surface area contributed by atoms with Crippen molar-refractivity contribution in [2.24, 2.45) is 0 Å². The Morgan fingerprint density at radius 3 is 2.05 bits per heavy atom. The molecule has 4 aromatic rings. The van der Waals surface area contributed by atoms with Gasteiger partial charge in [0.1, 0.15) is 11.5 Å². The first kappa shape index (κ1) is 23.5. The number of hydrogen-bond donors (Lipinski definition) is 1. The lowest BCUT2D eigenvalue weighted by Gasteiger charge is -2.44. The number of benzene rings is 4. The van der Waals surface area contributed by atoms with Gasteiger partial charge in [0.25, 0.3) is 0 Å². The molecule has 2 aliphatic carbocycles. The maximum absolute atomic E-state index is 6.52. The van der Waals surface area contributed by atoms with Gasteiger partial charge < -0.3 is 10.5 Å². The second kappa shape index (κ2) is 9.63. The summed E-state index contributed by atoms with van der Waals surface area (Å²) in [6.45, 7) is 0. The van der Waals surface area contributed by atoms with Gasteiger partial charge in [0.2, 0.25) is 0 Å². The number of nitrogens with two attached hydrogens (primary N) is 1. The second-order valence-corrected chi connectivity index (χ2v) is 10.6. The van der Waals surface area contributed by atoms with Gasteiger partial charge in [-0.2, -0.15) is 0 Å². The van der Waals surface area contributed by atoms with E-state index in [2.05, 4.69) is 121 Å². The number of anilines is 1. The van der Waals surface area contributed by atoms with Crippen molar-refractivity contribution in [3.8, 4) is 11.5 Å². The number of fused-ring (bicyclic) bond motifs is 2. The van der Waals surface area contributed by atoms with Crippen LogP contribution in [0.25, 0.3) is 5.57 Å². The normalized spacial score (nSPS) is 18.8. The SMILES string of the molecule is Nc1ccc(C2C=CC(c3ccccc3C3(C4=CC=CCC4)c4ccccc4Oc4ccccc43)=CC2)cc1. The molecule has 0 spiro atoms. The first-order valence-corrected chi connectivity index (χ1v) is 13.8. The van der Waals surface area contributed by atoms with Crippen LogP contribution in [0.3, 0.4) is 0 Å². The van der Waals surface area contributed by atoms with Crippen LogP contribution in [0.5, 0.6) is 11.5 Å². The second-order valence-electron chi connectivity index (χ2n) is 10.6. The Morgan fingerprint density at radius 2 is 1.41 bits per heavy atom. The van der Waals surface area contributed by atoms with Gasteiger partial charge >= 0.3 is 0 Å². The third-order valence-electron chi connectivity index (χ3n) is 8.40. The van der Waals surface area contributed by atoms with Crippen molar-refractivity contribution < 1.29 is 4.74 Å². The number of para-hydroxylation sites is 2. The van der Waals surface area contributed by atoms with Gasteiger partial charge in [-0.05, 0) is 65.8 Å². The van der Waals surface area contributed by atoms with E-state index < -0.39 is 5.41 Å². The zero-order valence-electron chi connectivity index (χ0n) is 21.9. The number of ether oxygens (including phenoxy) is 1. The van der Waals surface area contributed by atoms with Crippen LogP contribution in [0.4, 0.5) is 5.69 Å². The van der Waals surface area contributed by atoms with Crippen molar-refractivity contribution in [3.05, 3.63) is 167 Å². The molecule has 39 heavy (non-hydrogen) atoms. The van der Waals surface area contributed by atoms with Gasteiger partial charge in [-0.25, -0.2) is 0 Å². The average molecular weight is 506 g/mol. The highest BCUT2D eigenvalue weighted by molar-refractivity contribution is 5.82. The molecule has 7 rings (SSSR count). The summed E-state index contributed by atoms with van der Waals surface area (Å²) in [5.74, 6) is 2.21. The van der Waals surface area contributed by atoms with Crippen molar-refractivity contribution in [2.45, 2.75) is 30.6 Å². The van der Waals surface area contributed by atoms with Gasteiger partial charge in [0, 0.05) is 22.7 Å². The lowest BCUT2D eigenvalue weighted by atomic mass is 9.60. The van der Waals surface area contributed by atoms with E-state index in [0.29, 0.717) is 5.92 Å². The molecular formula is C37H31NO. The number of rotatable bonds is 4. The molecule has 3 aliphatic rings. The number of hydrogen-bond acceptors (Lipinski definition) is 2. The molecule has 1 atom stereocenters. The van der Waals surface area contributed by atoms with E-state index in [1.807, 2.05) is 12.1 Å². The molecule has 0 aromatic heterocycles. The van der Waals surface area contributed by atoms with Crippen LogP contribution in [0, 0.1) is 0 Å². The summed E-state index contributed by atoms with van der Waals surface area (Å²) < 4.78 is 6.52. The van der Waals surface area contributed by atoms with Crippen LogP contribution in [-0.4, -0.2) is 0 Å². The fraction of sp³-hybridized carbons (Fsp3) is 0.135. The first-order chi connectivity index (χ1) is 19.2. The molecule has 4 aromatic carbocycles. The number of nitrogen functional groups attached to an aromatic ring is 1. The Hall–Kier alpha value is -4.56. The zero-order chi connectivity index (χ0) is 26.2. The third-order valence-corrected chi connectivity index (χ3v) is 8.40. The monoisotopic (exact) mass is 505 g/mol. The molecule has 2 heteroatoms. The van der Waals surface area contributed by atoms with Crippen LogP contribution in [0.1, 0.15) is 53.0 Å². The largest absolute Gasteiger partial charge is 0.457 e. The van der Waals surface area contributed by atoms with Crippen molar-refractivity contribution in [1.29, 1.82) is 0 Å². The first-order valence-electron chi connectivity index (χ1n) is 13.8. The van der Waals surface area contributed by atoms with E-state index in [9.17, 15) is 0 Å². The Labute approximate surface area is 230 Å². The minimum absolute atomic E-state index is 0.353. The highest BCUT2D eigenvalue weighted by Gasteiger charge is 2.47. The molecule has 1 heterocycles. The summed E-state index contributed by atoms with van der Waals surface area (Å²) >= 11 is 0. The van der Waals surface area contributed by atoms with Crippen LogP contribution in [0.15, 0.2) is 139 Å². The molecule has 0 radical (unpaired) electrons. The molecular weight excluding hydrogens is 474 g/mol. The standard InChI is InChI=1S/C37H31NO/c38-30-24-22-27(23-25-30)26-18-20-28(21-19-26)31-12-4-5-13-32(31)37(29-10-2-1-3-11-29)33-14-6-8-16-35(33)39-36-17-9-7-15-34(36)37/h1-2,4-10,12-18,20-26H,3,11,19,38H2. The smallest absolute Gasteiger partial charge is 0.132 e. The molecule has 0 fully saturated rings. The molecule has 0 saturated heterocycles. The summed E-state index contributed by atoms with van der Waals surface area (Å²) in [5, 5.41) is 0. The Morgan fingerprint density at radius 1 is 0.744 bits per heavy atom. The highest BCUT2D eigenvalue weighted by atomic mass is 16.5. The van der Waals surface area contributed by atoms with Crippen molar-refractivity contribution in [2.75, 3.05) is 5.73 Å². The molecule has 0 amide bonds. The van der Waals surface area contributed by atoms with Crippen molar-refractivity contribution >= 4 is 11.3 Å². The van der Waals surface area contributed by atoms with Gasteiger partial charge in [-0.15, -0.1) is 0 Å². The predicted molar refractivity (Wildman–Crippen MR) is 161 cm³/mol. The van der Waals surface area contributed by atoms with Crippen LogP contribution in [-0.2, 0) is 5.41 Å². The maximum Gasteiger partial charge on any atom is 0.132 e. The summed E-state index contributed by atoms with van der Waals surface area (Å²) in [6, 6.07) is 34.4. The van der Waals surface area contributed by atoms with Crippen LogP contribution < -0.4 is 10.5 Å². The van der Waals surface area contributed by atoms with Crippen molar-refractivity contribution in [3.63, 3.8) is 0 Å². The number of allylic oxidation sites excluding steroid dienone is 8. The minimum Gasteiger partial charge on any atom is -0.457 e. The maximum atomic E-state index is 6.52. The molecule has 2 N–H and O–H groups in total. The molecule has 0 bridgehead atoms. The third kappa shape index (κ3) is 3.87. The summed E-state index contributed by atoms with van der Waals surface area (Å²) in [6.07, 6.45) is 16.9. The average Bonchev–Trinajstić information content (AvgIpc) is 3.01. The molecule has 1 unspecified atom stereocenters. The van der Waals surface area contributed by atoms with E-state index in [-0.39, 0.29) is 0 Å².